The van der Waals surface area contributed by atoms with Gasteiger partial charge in [0.25, 0.3) is 11.6 Å². The van der Waals surface area contributed by atoms with Crippen molar-refractivity contribution in [1.29, 1.82) is 0 Å². The molecule has 0 spiro atoms. The number of fused-ring (bicyclic) bond motifs is 1. The first kappa shape index (κ1) is 27.1. The molecule has 0 bridgehead atoms. The molecule has 1 aromatic heterocycles. The van der Waals surface area contributed by atoms with Crippen molar-refractivity contribution in [2.24, 2.45) is 0 Å². The minimum atomic E-state index is -0.562. The number of carbonyl (C=O) groups is 1. The fraction of sp³-hybridized carbons (Fsp3) is 0.129. The van der Waals surface area contributed by atoms with Crippen LogP contribution in [0.1, 0.15) is 10.4 Å². The van der Waals surface area contributed by atoms with E-state index in [1.807, 2.05) is 47.4 Å². The summed E-state index contributed by atoms with van der Waals surface area (Å²) in [5.41, 5.74) is 5.31. The topological polar surface area (TPSA) is 123 Å². The van der Waals surface area contributed by atoms with Crippen LogP contribution in [0.25, 0.3) is 33.7 Å². The van der Waals surface area contributed by atoms with Crippen molar-refractivity contribution in [3.05, 3.63) is 107 Å². The summed E-state index contributed by atoms with van der Waals surface area (Å²) in [4.78, 5) is 30.6. The highest BCUT2D eigenvalue weighted by atomic mass is 32.1. The third-order valence-corrected chi connectivity index (χ3v) is 7.10. The van der Waals surface area contributed by atoms with Gasteiger partial charge in [0.15, 0.2) is 10.7 Å². The summed E-state index contributed by atoms with van der Waals surface area (Å²) in [5, 5.41) is 17.3. The number of rotatable bonds is 6. The Balaban J connectivity index is 1.13. The molecular formula is C31H25N5O5S. The molecule has 0 saturated carbocycles. The Morgan fingerprint density at radius 1 is 0.905 bits per heavy atom. The standard InChI is InChI=1S/C31H25N5O5S/c37-29(23-10-12-26(27(18-23)36(38)39)35-14-16-40-17-15-35)34-31(42)32-24-11-13-28-25(19-24)33-30(41-28)22-8-6-21(7-9-22)20-4-2-1-3-5-20/h1-13,18-19H,14-17H2,(H2,32,34,37,42). The first-order valence-electron chi connectivity index (χ1n) is 13.2. The molecule has 1 amide bonds. The minimum Gasteiger partial charge on any atom is -0.436 e. The number of aromatic nitrogens is 1. The SMILES string of the molecule is O=C(NC(=S)Nc1ccc2oc(-c3ccc(-c4ccccc4)cc3)nc2c1)c1ccc(N2CCOCC2)c([N+](=O)[O-])c1. The van der Waals surface area contributed by atoms with Crippen LogP contribution in [0.15, 0.2) is 95.4 Å². The van der Waals surface area contributed by atoms with Crippen LogP contribution in [-0.2, 0) is 4.74 Å². The molecule has 2 N–H and O–H groups in total. The lowest BCUT2D eigenvalue weighted by Gasteiger charge is -2.28. The van der Waals surface area contributed by atoms with Gasteiger partial charge in [-0.2, -0.15) is 0 Å². The van der Waals surface area contributed by atoms with E-state index in [0.29, 0.717) is 54.7 Å². The van der Waals surface area contributed by atoms with E-state index in [-0.39, 0.29) is 16.4 Å². The third kappa shape index (κ3) is 5.82. The van der Waals surface area contributed by atoms with Crippen LogP contribution in [0.3, 0.4) is 0 Å². The van der Waals surface area contributed by atoms with E-state index in [1.54, 1.807) is 30.3 Å². The van der Waals surface area contributed by atoms with Gasteiger partial charge < -0.3 is 19.4 Å². The van der Waals surface area contributed by atoms with Gasteiger partial charge in [-0.1, -0.05) is 42.5 Å². The molecule has 1 fully saturated rings. The summed E-state index contributed by atoms with van der Waals surface area (Å²) in [6.07, 6.45) is 0. The summed E-state index contributed by atoms with van der Waals surface area (Å²) in [7, 11) is 0. The minimum absolute atomic E-state index is 0.0412. The smallest absolute Gasteiger partial charge is 0.293 e. The van der Waals surface area contributed by atoms with E-state index in [9.17, 15) is 14.9 Å². The van der Waals surface area contributed by atoms with Crippen molar-refractivity contribution >= 4 is 51.4 Å². The lowest BCUT2D eigenvalue weighted by Crippen LogP contribution is -2.37. The number of hydrogen-bond donors (Lipinski definition) is 2. The van der Waals surface area contributed by atoms with Gasteiger partial charge >= 0.3 is 0 Å². The van der Waals surface area contributed by atoms with Gasteiger partial charge in [0.2, 0.25) is 5.89 Å². The van der Waals surface area contributed by atoms with E-state index in [2.05, 4.69) is 27.8 Å². The molecule has 1 aliphatic rings. The summed E-state index contributed by atoms with van der Waals surface area (Å²) in [5.74, 6) is -0.0763. The molecule has 1 saturated heterocycles. The molecule has 11 heteroatoms. The van der Waals surface area contributed by atoms with Gasteiger partial charge in [0.05, 0.1) is 18.1 Å². The Hall–Kier alpha value is -5.13. The number of nitro groups is 1. The summed E-state index contributed by atoms with van der Waals surface area (Å²) in [6, 6.07) is 27.8. The number of thiocarbonyl (C=S) groups is 1. The highest BCUT2D eigenvalue weighted by Gasteiger charge is 2.23. The Labute approximate surface area is 246 Å². The fourth-order valence-electron chi connectivity index (χ4n) is 4.78. The summed E-state index contributed by atoms with van der Waals surface area (Å²) < 4.78 is 11.3. The maximum Gasteiger partial charge on any atom is 0.293 e. The first-order valence-corrected chi connectivity index (χ1v) is 13.7. The molecule has 2 heterocycles. The lowest BCUT2D eigenvalue weighted by atomic mass is 10.0. The van der Waals surface area contributed by atoms with Crippen LogP contribution < -0.4 is 15.5 Å². The summed E-state index contributed by atoms with van der Waals surface area (Å²) >= 11 is 5.34. The zero-order valence-electron chi connectivity index (χ0n) is 22.3. The molecule has 1 aliphatic heterocycles. The van der Waals surface area contributed by atoms with Gasteiger partial charge in [-0.25, -0.2) is 4.98 Å². The number of carbonyl (C=O) groups excluding carboxylic acids is 1. The van der Waals surface area contributed by atoms with Crippen molar-refractivity contribution in [2.45, 2.75) is 0 Å². The highest BCUT2D eigenvalue weighted by molar-refractivity contribution is 7.80. The monoisotopic (exact) mass is 579 g/mol. The van der Waals surface area contributed by atoms with E-state index in [1.165, 1.54) is 6.07 Å². The van der Waals surface area contributed by atoms with E-state index in [4.69, 9.17) is 21.4 Å². The van der Waals surface area contributed by atoms with Crippen LogP contribution in [0.2, 0.25) is 0 Å². The molecule has 6 rings (SSSR count). The number of nitrogens with one attached hydrogen (secondary N) is 2. The number of nitro benzene ring substituents is 1. The first-order chi connectivity index (χ1) is 20.4. The Morgan fingerprint density at radius 3 is 2.36 bits per heavy atom. The molecule has 4 aromatic carbocycles. The molecule has 0 unspecified atom stereocenters. The molecule has 42 heavy (non-hydrogen) atoms. The molecular weight excluding hydrogens is 554 g/mol. The van der Waals surface area contributed by atoms with Gasteiger partial charge in [-0.3, -0.25) is 20.2 Å². The maximum absolute atomic E-state index is 12.9. The fourth-order valence-corrected chi connectivity index (χ4v) is 5.00. The predicted octanol–water partition coefficient (Wildman–Crippen LogP) is 6.03. The van der Waals surface area contributed by atoms with Crippen LogP contribution in [-0.4, -0.2) is 47.2 Å². The second-order valence-electron chi connectivity index (χ2n) is 9.61. The number of amides is 1. The molecule has 0 atom stereocenters. The molecule has 0 radical (unpaired) electrons. The highest BCUT2D eigenvalue weighted by Crippen LogP contribution is 2.31. The van der Waals surface area contributed by atoms with Gasteiger partial charge in [0.1, 0.15) is 11.2 Å². The van der Waals surface area contributed by atoms with E-state index in [0.717, 1.165) is 16.7 Å². The van der Waals surface area contributed by atoms with E-state index < -0.39 is 10.8 Å². The van der Waals surface area contributed by atoms with Crippen molar-refractivity contribution < 1.29 is 18.9 Å². The molecule has 210 valence electrons. The second kappa shape index (κ2) is 11.8. The van der Waals surface area contributed by atoms with Crippen LogP contribution in [0.4, 0.5) is 17.1 Å². The molecule has 5 aromatic rings. The summed E-state index contributed by atoms with van der Waals surface area (Å²) in [6.45, 7) is 2.06. The number of ether oxygens (including phenoxy) is 1. The predicted molar refractivity (Wildman–Crippen MR) is 165 cm³/mol. The maximum atomic E-state index is 12.9. The van der Waals surface area contributed by atoms with Crippen molar-refractivity contribution in [3.63, 3.8) is 0 Å². The second-order valence-corrected chi connectivity index (χ2v) is 10.0. The zero-order chi connectivity index (χ0) is 29.1. The van der Waals surface area contributed by atoms with E-state index >= 15 is 0 Å². The average Bonchev–Trinajstić information content (AvgIpc) is 3.45. The van der Waals surface area contributed by atoms with Crippen molar-refractivity contribution in [3.8, 4) is 22.6 Å². The van der Waals surface area contributed by atoms with Gasteiger partial charge in [0, 0.05) is 36.0 Å². The number of morpholine rings is 1. The number of hydrogen-bond acceptors (Lipinski definition) is 8. The average molecular weight is 580 g/mol. The Bertz CT molecular complexity index is 1780. The van der Waals surface area contributed by atoms with Gasteiger partial charge in [-0.05, 0) is 65.8 Å². The van der Waals surface area contributed by atoms with Crippen molar-refractivity contribution in [1.82, 2.24) is 10.3 Å². The Kier molecular flexibility index (Phi) is 7.58. The van der Waals surface area contributed by atoms with Crippen LogP contribution >= 0.6 is 12.2 Å². The quantitative estimate of drug-likeness (QED) is 0.141. The molecule has 10 nitrogen and oxygen atoms in total. The van der Waals surface area contributed by atoms with Crippen LogP contribution in [0, 0.1) is 10.1 Å². The molecule has 0 aliphatic carbocycles. The number of oxazole rings is 1. The number of anilines is 2. The Morgan fingerprint density at radius 2 is 1.62 bits per heavy atom. The van der Waals surface area contributed by atoms with Gasteiger partial charge in [-0.15, -0.1) is 0 Å². The lowest BCUT2D eigenvalue weighted by molar-refractivity contribution is -0.384. The zero-order valence-corrected chi connectivity index (χ0v) is 23.1. The number of benzene rings is 4. The van der Waals surface area contributed by atoms with Crippen molar-refractivity contribution in [2.75, 3.05) is 36.5 Å². The normalized spacial score (nSPS) is 13.1. The third-order valence-electron chi connectivity index (χ3n) is 6.90. The van der Waals surface area contributed by atoms with Crippen LogP contribution in [0.5, 0.6) is 0 Å². The number of nitrogens with zero attached hydrogens (tertiary/aromatic N) is 3. The largest absolute Gasteiger partial charge is 0.436 e.